The van der Waals surface area contributed by atoms with E-state index in [1.165, 1.54) is 31.3 Å². The molecule has 6 nitrogen and oxygen atoms in total. The Kier molecular flexibility index (Phi) is 7.00. The molecule has 1 amide bonds. The molecule has 32 heavy (non-hydrogen) atoms. The number of amides is 1. The van der Waals surface area contributed by atoms with Crippen LogP contribution in [0.15, 0.2) is 65.9 Å². The Morgan fingerprint density at radius 1 is 1.19 bits per heavy atom. The van der Waals surface area contributed by atoms with Gasteiger partial charge in [0.2, 0.25) is 0 Å². The fraction of sp³-hybridized carbons (Fsp3) is 0.167. The van der Waals surface area contributed by atoms with Gasteiger partial charge in [0.25, 0.3) is 5.91 Å². The first kappa shape index (κ1) is 23.1. The van der Waals surface area contributed by atoms with Gasteiger partial charge in [0, 0.05) is 5.70 Å². The van der Waals surface area contributed by atoms with E-state index in [-0.39, 0.29) is 16.2 Å². The highest BCUT2D eigenvalue weighted by Crippen LogP contribution is 2.37. The number of anilines is 1. The third kappa shape index (κ3) is 4.38. The zero-order chi connectivity index (χ0) is 23.4. The van der Waals surface area contributed by atoms with E-state index in [4.69, 9.17) is 25.8 Å². The standard InChI is InChI=1S/C24H21ClFNO5/c1-5-10-32-20-9-6-15(12-21(20)30-3)11-17-22(24(29)31-4)14(2)27(23(17)28)16-7-8-19(26)18(25)13-16/h5-9,11-13H,1,10H2,2-4H3/b17-11-. The first-order valence-electron chi connectivity index (χ1n) is 9.54. The van der Waals surface area contributed by atoms with Crippen LogP contribution in [0, 0.1) is 5.82 Å². The van der Waals surface area contributed by atoms with E-state index in [0.29, 0.717) is 35.1 Å². The molecule has 1 heterocycles. The third-order valence-corrected chi connectivity index (χ3v) is 5.10. The summed E-state index contributed by atoms with van der Waals surface area (Å²) >= 11 is 5.90. The van der Waals surface area contributed by atoms with E-state index in [2.05, 4.69) is 6.58 Å². The number of benzene rings is 2. The summed E-state index contributed by atoms with van der Waals surface area (Å²) in [4.78, 5) is 27.1. The Bertz CT molecular complexity index is 1160. The molecule has 1 aliphatic heterocycles. The van der Waals surface area contributed by atoms with E-state index >= 15 is 0 Å². The normalized spacial score (nSPS) is 14.7. The molecule has 0 aromatic heterocycles. The maximum absolute atomic E-state index is 13.6. The number of methoxy groups -OCH3 is 2. The van der Waals surface area contributed by atoms with Gasteiger partial charge in [-0.3, -0.25) is 9.69 Å². The van der Waals surface area contributed by atoms with Gasteiger partial charge in [-0.05, 0) is 48.9 Å². The van der Waals surface area contributed by atoms with Crippen LogP contribution in [-0.4, -0.2) is 32.7 Å². The number of carbonyl (C=O) groups excluding carboxylic acids is 2. The molecule has 166 valence electrons. The van der Waals surface area contributed by atoms with Gasteiger partial charge in [0.15, 0.2) is 11.5 Å². The fourth-order valence-corrected chi connectivity index (χ4v) is 3.50. The number of nitrogens with zero attached hydrogens (tertiary/aromatic N) is 1. The van der Waals surface area contributed by atoms with Crippen LogP contribution in [0.3, 0.4) is 0 Å². The van der Waals surface area contributed by atoms with Crippen molar-refractivity contribution in [1.29, 1.82) is 0 Å². The van der Waals surface area contributed by atoms with Crippen LogP contribution in [0.5, 0.6) is 11.5 Å². The lowest BCUT2D eigenvalue weighted by atomic mass is 10.0. The Morgan fingerprint density at radius 2 is 1.94 bits per heavy atom. The van der Waals surface area contributed by atoms with Crippen LogP contribution in [0.25, 0.3) is 6.08 Å². The van der Waals surface area contributed by atoms with Crippen molar-refractivity contribution in [2.75, 3.05) is 25.7 Å². The zero-order valence-corrected chi connectivity index (χ0v) is 18.5. The van der Waals surface area contributed by atoms with Crippen molar-refractivity contribution in [3.63, 3.8) is 0 Å². The molecule has 0 bridgehead atoms. The second kappa shape index (κ2) is 9.70. The molecular formula is C24H21ClFNO5. The minimum absolute atomic E-state index is 0.101. The number of hydrogen-bond acceptors (Lipinski definition) is 5. The van der Waals surface area contributed by atoms with Crippen molar-refractivity contribution in [1.82, 2.24) is 0 Å². The van der Waals surface area contributed by atoms with Crippen molar-refractivity contribution in [3.8, 4) is 11.5 Å². The minimum atomic E-state index is -0.671. The monoisotopic (exact) mass is 457 g/mol. The first-order chi connectivity index (χ1) is 15.3. The minimum Gasteiger partial charge on any atom is -0.493 e. The fourth-order valence-electron chi connectivity index (χ4n) is 3.32. The molecule has 0 N–H and O–H groups in total. The first-order valence-corrected chi connectivity index (χ1v) is 9.92. The van der Waals surface area contributed by atoms with Crippen LogP contribution in [0.4, 0.5) is 10.1 Å². The lowest BCUT2D eigenvalue weighted by Gasteiger charge is -2.18. The summed E-state index contributed by atoms with van der Waals surface area (Å²) in [6, 6.07) is 8.99. The molecule has 0 atom stereocenters. The average molecular weight is 458 g/mol. The predicted octanol–water partition coefficient (Wildman–Crippen LogP) is 4.93. The highest BCUT2D eigenvalue weighted by atomic mass is 35.5. The van der Waals surface area contributed by atoms with Crippen molar-refractivity contribution in [2.45, 2.75) is 6.92 Å². The summed E-state index contributed by atoms with van der Waals surface area (Å²) in [5.41, 5.74) is 1.49. The summed E-state index contributed by atoms with van der Waals surface area (Å²) in [6.45, 7) is 5.52. The van der Waals surface area contributed by atoms with Gasteiger partial charge in [-0.2, -0.15) is 0 Å². The van der Waals surface area contributed by atoms with Gasteiger partial charge < -0.3 is 14.2 Å². The highest BCUT2D eigenvalue weighted by molar-refractivity contribution is 6.31. The number of ether oxygens (including phenoxy) is 3. The summed E-state index contributed by atoms with van der Waals surface area (Å²) in [6.07, 6.45) is 3.17. The second-order valence-corrected chi connectivity index (χ2v) is 7.17. The molecule has 0 saturated heterocycles. The SMILES string of the molecule is C=CCOc1ccc(/C=C2\C(=O)N(c3ccc(F)c(Cl)c3)C(C)=C2C(=O)OC)cc1OC. The second-order valence-electron chi connectivity index (χ2n) is 6.76. The molecule has 0 spiro atoms. The molecule has 2 aromatic carbocycles. The van der Waals surface area contributed by atoms with Crippen LogP contribution >= 0.6 is 11.6 Å². The molecule has 1 aliphatic rings. The molecule has 0 radical (unpaired) electrons. The topological polar surface area (TPSA) is 65.1 Å². The number of carbonyl (C=O) groups is 2. The highest BCUT2D eigenvalue weighted by Gasteiger charge is 2.38. The van der Waals surface area contributed by atoms with Crippen LogP contribution in [-0.2, 0) is 14.3 Å². The van der Waals surface area contributed by atoms with Crippen LogP contribution in [0.2, 0.25) is 5.02 Å². The molecule has 0 unspecified atom stereocenters. The molecule has 2 aromatic rings. The summed E-state index contributed by atoms with van der Waals surface area (Å²) in [5.74, 6) is -0.797. The number of hydrogen-bond donors (Lipinski definition) is 0. The summed E-state index contributed by atoms with van der Waals surface area (Å²) < 4.78 is 29.4. The van der Waals surface area contributed by atoms with E-state index in [0.717, 1.165) is 6.07 Å². The third-order valence-electron chi connectivity index (χ3n) is 4.81. The lowest BCUT2D eigenvalue weighted by molar-refractivity contribution is -0.136. The molecule has 0 fully saturated rings. The zero-order valence-electron chi connectivity index (χ0n) is 17.8. The molecule has 3 rings (SSSR count). The Labute approximate surface area is 190 Å². The molecular weight excluding hydrogens is 437 g/mol. The Hall–Kier alpha value is -3.58. The van der Waals surface area contributed by atoms with Crippen LogP contribution < -0.4 is 14.4 Å². The van der Waals surface area contributed by atoms with Crippen LogP contribution in [0.1, 0.15) is 12.5 Å². The molecule has 8 heteroatoms. The van der Waals surface area contributed by atoms with Crippen molar-refractivity contribution in [2.24, 2.45) is 0 Å². The van der Waals surface area contributed by atoms with E-state index in [1.807, 2.05) is 0 Å². The maximum atomic E-state index is 13.6. The maximum Gasteiger partial charge on any atom is 0.340 e. The summed E-state index contributed by atoms with van der Waals surface area (Å²) in [5, 5.41) is -0.139. The average Bonchev–Trinajstić information content (AvgIpc) is 3.03. The lowest BCUT2D eigenvalue weighted by Crippen LogP contribution is -2.24. The largest absolute Gasteiger partial charge is 0.493 e. The van der Waals surface area contributed by atoms with Gasteiger partial charge in [0.1, 0.15) is 12.4 Å². The molecule has 0 aliphatic carbocycles. The van der Waals surface area contributed by atoms with Gasteiger partial charge in [-0.15, -0.1) is 0 Å². The van der Waals surface area contributed by atoms with E-state index in [9.17, 15) is 14.0 Å². The number of allylic oxidation sites excluding steroid dienone is 1. The smallest absolute Gasteiger partial charge is 0.340 e. The number of rotatable bonds is 7. The van der Waals surface area contributed by atoms with E-state index < -0.39 is 17.7 Å². The van der Waals surface area contributed by atoms with Gasteiger partial charge in [-0.25, -0.2) is 9.18 Å². The Morgan fingerprint density at radius 3 is 2.56 bits per heavy atom. The molecule has 0 saturated carbocycles. The van der Waals surface area contributed by atoms with Gasteiger partial charge in [0.05, 0.1) is 36.1 Å². The summed E-state index contributed by atoms with van der Waals surface area (Å²) in [7, 11) is 2.73. The number of esters is 1. The Balaban J connectivity index is 2.09. The van der Waals surface area contributed by atoms with Gasteiger partial charge in [-0.1, -0.05) is 30.3 Å². The van der Waals surface area contributed by atoms with Crippen molar-refractivity contribution in [3.05, 3.63) is 82.3 Å². The van der Waals surface area contributed by atoms with E-state index in [1.54, 1.807) is 37.3 Å². The predicted molar refractivity (Wildman–Crippen MR) is 120 cm³/mol. The quantitative estimate of drug-likeness (QED) is 0.335. The van der Waals surface area contributed by atoms with Crippen molar-refractivity contribution < 1.29 is 28.2 Å². The number of halogens is 2. The van der Waals surface area contributed by atoms with Crippen molar-refractivity contribution >= 4 is 35.2 Å². The van der Waals surface area contributed by atoms with Gasteiger partial charge >= 0.3 is 5.97 Å².